The molecule has 6 aromatic heterocycles. The first-order valence-corrected chi connectivity index (χ1v) is 22.9. The SMILES string of the molecule is CCCCn1c(CCC)cc2c(C)nc3c(-c4c(C)cc(COCc5cc(C)c(-c6c(C)nn7c6nc(C)c6cc(CCC)n(CCCC)c67)c(C)c5)cc4C)c(C)nn3c21. The van der Waals surface area contributed by atoms with Gasteiger partial charge in [-0.15, -0.1) is 0 Å². The van der Waals surface area contributed by atoms with E-state index in [-0.39, 0.29) is 0 Å². The summed E-state index contributed by atoms with van der Waals surface area (Å²) in [6, 6.07) is 13.8. The van der Waals surface area contributed by atoms with E-state index in [9.17, 15) is 0 Å². The fourth-order valence-corrected chi connectivity index (χ4v) is 10.1. The normalized spacial score (nSPS) is 12.1. The summed E-state index contributed by atoms with van der Waals surface area (Å²) in [5.41, 5.74) is 23.0. The summed E-state index contributed by atoms with van der Waals surface area (Å²) in [4.78, 5) is 10.5. The summed E-state index contributed by atoms with van der Waals surface area (Å²) in [5, 5.41) is 12.8. The van der Waals surface area contributed by atoms with Crippen molar-refractivity contribution in [1.29, 1.82) is 0 Å². The van der Waals surface area contributed by atoms with Gasteiger partial charge < -0.3 is 13.9 Å². The fraction of sp³-hybridized carbons (Fsp3) is 0.462. The number of hydrogen-bond donors (Lipinski definition) is 0. The molecule has 0 fully saturated rings. The molecule has 8 aromatic rings. The van der Waals surface area contributed by atoms with Gasteiger partial charge in [-0.3, -0.25) is 0 Å². The first kappa shape index (κ1) is 42.4. The molecule has 0 unspecified atom stereocenters. The molecule has 0 bridgehead atoms. The van der Waals surface area contributed by atoms with E-state index in [0.717, 1.165) is 110 Å². The summed E-state index contributed by atoms with van der Waals surface area (Å²) >= 11 is 0. The highest BCUT2D eigenvalue weighted by Gasteiger charge is 2.25. The predicted molar refractivity (Wildman–Crippen MR) is 252 cm³/mol. The van der Waals surface area contributed by atoms with E-state index in [1.54, 1.807) is 0 Å². The minimum Gasteiger partial charge on any atom is -0.372 e. The minimum atomic E-state index is 0.530. The molecule has 61 heavy (non-hydrogen) atoms. The second kappa shape index (κ2) is 17.2. The summed E-state index contributed by atoms with van der Waals surface area (Å²) in [5.74, 6) is 0. The van der Waals surface area contributed by atoms with Crippen LogP contribution in [-0.4, -0.2) is 38.3 Å². The first-order chi connectivity index (χ1) is 29.4. The molecule has 0 aliphatic carbocycles. The van der Waals surface area contributed by atoms with Crippen LogP contribution in [0.2, 0.25) is 0 Å². The number of unbranched alkanes of at least 4 members (excludes halogenated alkanes) is 2. The van der Waals surface area contributed by atoms with E-state index >= 15 is 0 Å². The lowest BCUT2D eigenvalue weighted by atomic mass is 9.93. The Kier molecular flexibility index (Phi) is 12.0. The van der Waals surface area contributed by atoms with Gasteiger partial charge in [0.2, 0.25) is 0 Å². The number of aryl methyl sites for hydroxylation is 12. The Labute approximate surface area is 362 Å². The zero-order valence-electron chi connectivity index (χ0n) is 38.9. The van der Waals surface area contributed by atoms with Crippen molar-refractivity contribution < 1.29 is 4.74 Å². The topological polar surface area (TPSA) is 79.5 Å². The zero-order valence-corrected chi connectivity index (χ0v) is 38.9. The van der Waals surface area contributed by atoms with Crippen molar-refractivity contribution in [3.63, 3.8) is 0 Å². The van der Waals surface area contributed by atoms with Crippen LogP contribution in [0.4, 0.5) is 0 Å². The highest BCUT2D eigenvalue weighted by molar-refractivity contribution is 5.91. The molecular formula is C52H66N8O. The number of nitrogens with zero attached hydrogens (tertiary/aromatic N) is 8. The molecule has 6 heterocycles. The molecule has 0 saturated carbocycles. The van der Waals surface area contributed by atoms with E-state index < -0.39 is 0 Å². The first-order valence-electron chi connectivity index (χ1n) is 22.9. The van der Waals surface area contributed by atoms with Gasteiger partial charge in [-0.2, -0.15) is 19.2 Å². The van der Waals surface area contributed by atoms with Crippen LogP contribution < -0.4 is 0 Å². The van der Waals surface area contributed by atoms with Crippen molar-refractivity contribution in [3.8, 4) is 22.3 Å². The monoisotopic (exact) mass is 819 g/mol. The Morgan fingerprint density at radius 1 is 0.459 bits per heavy atom. The molecule has 0 spiro atoms. The average molecular weight is 819 g/mol. The van der Waals surface area contributed by atoms with E-state index in [1.165, 1.54) is 78.0 Å². The third-order valence-electron chi connectivity index (χ3n) is 12.8. The van der Waals surface area contributed by atoms with Crippen molar-refractivity contribution in [1.82, 2.24) is 38.3 Å². The maximum atomic E-state index is 6.47. The van der Waals surface area contributed by atoms with Crippen molar-refractivity contribution in [2.24, 2.45) is 0 Å². The van der Waals surface area contributed by atoms with Crippen LogP contribution in [0, 0.1) is 55.4 Å². The number of fused-ring (bicyclic) bond motifs is 6. The lowest BCUT2D eigenvalue weighted by Gasteiger charge is -2.15. The molecule has 2 aromatic carbocycles. The number of ether oxygens (including phenoxy) is 1. The molecule has 0 aliphatic heterocycles. The number of benzene rings is 2. The Bertz CT molecular complexity index is 2690. The van der Waals surface area contributed by atoms with E-state index in [2.05, 4.69) is 138 Å². The summed E-state index contributed by atoms with van der Waals surface area (Å²) in [7, 11) is 0. The van der Waals surface area contributed by atoms with Crippen molar-refractivity contribution in [2.45, 2.75) is 161 Å². The van der Waals surface area contributed by atoms with Crippen LogP contribution in [0.5, 0.6) is 0 Å². The molecule has 0 aliphatic rings. The molecule has 0 radical (unpaired) electrons. The van der Waals surface area contributed by atoms with Gasteiger partial charge >= 0.3 is 0 Å². The Morgan fingerprint density at radius 2 is 0.836 bits per heavy atom. The van der Waals surface area contributed by atoms with Gasteiger partial charge in [0.25, 0.3) is 0 Å². The molecule has 8 rings (SSSR count). The van der Waals surface area contributed by atoms with Crippen LogP contribution >= 0.6 is 0 Å². The number of aromatic nitrogens is 8. The molecule has 0 amide bonds. The summed E-state index contributed by atoms with van der Waals surface area (Å²) in [6.45, 7) is 29.5. The standard InChI is InChI=1S/C52H66N8O/c1-13-17-21-57-41(19-15-3)27-43-35(9)53-49-47(37(11)55-59(49)51(43)57)45-31(5)23-39(24-32(45)6)29-61-30-40-25-33(7)46(34(8)26-40)48-38(12)56-60-50(48)54-36(10)44-28-42(20-16-4)58(52(44)60)22-18-14-2/h23-28H,13-22,29-30H2,1-12H3. The Hall–Kier alpha value is -5.28. The molecule has 0 saturated heterocycles. The fourth-order valence-electron chi connectivity index (χ4n) is 10.1. The van der Waals surface area contributed by atoms with Gasteiger partial charge in [0, 0.05) is 35.2 Å². The molecule has 9 nitrogen and oxygen atoms in total. The molecular weight excluding hydrogens is 753 g/mol. The maximum absolute atomic E-state index is 6.47. The van der Waals surface area contributed by atoms with Crippen molar-refractivity contribution in [3.05, 3.63) is 104 Å². The molecule has 0 N–H and O–H groups in total. The van der Waals surface area contributed by atoms with Crippen LogP contribution in [0.15, 0.2) is 36.4 Å². The third-order valence-corrected chi connectivity index (χ3v) is 12.8. The van der Waals surface area contributed by atoms with Gasteiger partial charge in [0.1, 0.15) is 11.3 Å². The quantitative estimate of drug-likeness (QED) is 0.0970. The lowest BCUT2D eigenvalue weighted by molar-refractivity contribution is 0.107. The molecule has 9 heteroatoms. The second-order valence-electron chi connectivity index (χ2n) is 17.7. The second-order valence-corrected chi connectivity index (χ2v) is 17.7. The molecule has 0 atom stereocenters. The van der Waals surface area contributed by atoms with Crippen LogP contribution in [0.1, 0.15) is 134 Å². The zero-order chi connectivity index (χ0) is 43.3. The minimum absolute atomic E-state index is 0.530. The highest BCUT2D eigenvalue weighted by atomic mass is 16.5. The lowest BCUT2D eigenvalue weighted by Crippen LogP contribution is -2.07. The smallest absolute Gasteiger partial charge is 0.165 e. The number of rotatable bonds is 16. The van der Waals surface area contributed by atoms with Crippen LogP contribution in [0.3, 0.4) is 0 Å². The Balaban J connectivity index is 1.06. The van der Waals surface area contributed by atoms with Gasteiger partial charge in [-0.05, 0) is 138 Å². The summed E-state index contributed by atoms with van der Waals surface area (Å²) in [6.07, 6.45) is 8.92. The highest BCUT2D eigenvalue weighted by Crippen LogP contribution is 2.38. The summed E-state index contributed by atoms with van der Waals surface area (Å²) < 4.78 is 15.7. The van der Waals surface area contributed by atoms with Gasteiger partial charge in [0.05, 0.1) is 47.1 Å². The number of hydrogen-bond acceptors (Lipinski definition) is 5. The van der Waals surface area contributed by atoms with Crippen molar-refractivity contribution >= 4 is 33.4 Å². The van der Waals surface area contributed by atoms with E-state index in [4.69, 9.17) is 24.9 Å². The predicted octanol–water partition coefficient (Wildman–Crippen LogP) is 12.7. The van der Waals surface area contributed by atoms with Gasteiger partial charge in [-0.25, -0.2) is 9.97 Å². The Morgan fingerprint density at radius 3 is 1.18 bits per heavy atom. The van der Waals surface area contributed by atoms with Crippen LogP contribution in [0.25, 0.3) is 55.6 Å². The van der Waals surface area contributed by atoms with Crippen molar-refractivity contribution in [2.75, 3.05) is 0 Å². The maximum Gasteiger partial charge on any atom is 0.165 e. The van der Waals surface area contributed by atoms with Gasteiger partial charge in [-0.1, -0.05) is 77.6 Å². The van der Waals surface area contributed by atoms with E-state index in [0.29, 0.717) is 13.2 Å². The largest absolute Gasteiger partial charge is 0.372 e. The van der Waals surface area contributed by atoms with Crippen LogP contribution in [-0.2, 0) is 43.9 Å². The van der Waals surface area contributed by atoms with Gasteiger partial charge in [0.15, 0.2) is 11.3 Å². The molecule has 320 valence electrons. The third kappa shape index (κ3) is 7.47. The van der Waals surface area contributed by atoms with E-state index in [1.807, 2.05) is 0 Å². The average Bonchev–Trinajstić information content (AvgIpc) is 3.94.